The molecule has 4 aromatic rings. The number of aromatic nitrogens is 2. The number of aryl methyl sites for hydroxylation is 1. The zero-order valence-corrected chi connectivity index (χ0v) is 17.6. The molecule has 5 heteroatoms. The predicted octanol–water partition coefficient (Wildman–Crippen LogP) is 4.98. The first-order chi connectivity index (χ1) is 15.1. The number of nitrogens with one attached hydrogen (secondary N) is 1. The van der Waals surface area contributed by atoms with Crippen LogP contribution in [0.4, 0.5) is 0 Å². The highest BCUT2D eigenvalue weighted by Gasteiger charge is 2.24. The van der Waals surface area contributed by atoms with Crippen LogP contribution in [-0.4, -0.2) is 22.0 Å². The summed E-state index contributed by atoms with van der Waals surface area (Å²) < 4.78 is 6.21. The first-order valence-electron chi connectivity index (χ1n) is 10.6. The maximum atomic E-state index is 11.6. The molecule has 0 saturated carbocycles. The van der Waals surface area contributed by atoms with Crippen LogP contribution in [0, 0.1) is 0 Å². The van der Waals surface area contributed by atoms with Crippen molar-refractivity contribution >= 4 is 16.7 Å². The summed E-state index contributed by atoms with van der Waals surface area (Å²) in [5.74, 6) is 0.217. The van der Waals surface area contributed by atoms with Gasteiger partial charge in [-0.3, -0.25) is 4.79 Å². The van der Waals surface area contributed by atoms with Gasteiger partial charge >= 0.3 is 0 Å². The molecule has 2 atom stereocenters. The Morgan fingerprint density at radius 1 is 1.03 bits per heavy atom. The van der Waals surface area contributed by atoms with Crippen LogP contribution in [0.2, 0.25) is 0 Å². The molecule has 0 aliphatic carbocycles. The number of H-pyrrole nitrogens is 1. The number of carbonyl (C=O) groups excluding carboxylic acids is 1. The van der Waals surface area contributed by atoms with Crippen LogP contribution in [0.5, 0.6) is 0 Å². The summed E-state index contributed by atoms with van der Waals surface area (Å²) in [5, 5.41) is 2.50. The number of fused-ring (bicyclic) bond motifs is 1. The minimum atomic E-state index is -0.510. The number of carbonyl (C=O) groups is 1. The Hall–Kier alpha value is -3.44. The van der Waals surface area contributed by atoms with Crippen LogP contribution >= 0.6 is 0 Å². The van der Waals surface area contributed by atoms with Gasteiger partial charge in [-0.15, -0.1) is 0 Å². The van der Waals surface area contributed by atoms with Crippen molar-refractivity contribution in [3.63, 3.8) is 0 Å². The maximum Gasteiger partial charge on any atom is 0.266 e. The van der Waals surface area contributed by atoms with Crippen molar-refractivity contribution in [3.8, 4) is 0 Å². The third kappa shape index (κ3) is 5.01. The van der Waals surface area contributed by atoms with E-state index in [1.165, 1.54) is 22.5 Å². The molecule has 5 nitrogen and oxygen atoms in total. The summed E-state index contributed by atoms with van der Waals surface area (Å²) in [5.41, 5.74) is 8.16. The number of nitrogens with two attached hydrogens (primary N) is 1. The number of amides is 1. The minimum Gasteiger partial charge on any atom is -0.373 e. The van der Waals surface area contributed by atoms with E-state index >= 15 is 0 Å². The Morgan fingerprint density at radius 2 is 1.77 bits per heavy atom. The second-order valence-corrected chi connectivity index (χ2v) is 7.83. The Kier molecular flexibility index (Phi) is 6.43. The molecule has 3 N–H and O–H groups in total. The van der Waals surface area contributed by atoms with E-state index in [0.29, 0.717) is 12.3 Å². The summed E-state index contributed by atoms with van der Waals surface area (Å²) >= 11 is 0. The van der Waals surface area contributed by atoms with E-state index in [1.54, 1.807) is 0 Å². The topological polar surface area (TPSA) is 81.0 Å². The van der Waals surface area contributed by atoms with Crippen LogP contribution in [0.3, 0.4) is 0 Å². The lowest BCUT2D eigenvalue weighted by Crippen LogP contribution is -2.21. The van der Waals surface area contributed by atoms with Crippen LogP contribution in [0.25, 0.3) is 10.8 Å². The third-order valence-electron chi connectivity index (χ3n) is 5.74. The molecule has 0 fully saturated rings. The lowest BCUT2D eigenvalue weighted by atomic mass is 9.92. The second-order valence-electron chi connectivity index (χ2n) is 7.83. The number of aromatic amines is 1. The molecule has 158 valence electrons. The van der Waals surface area contributed by atoms with Gasteiger partial charge in [-0.2, -0.15) is 0 Å². The largest absolute Gasteiger partial charge is 0.373 e. The molecule has 4 rings (SSSR count). The Bertz CT molecular complexity index is 1150. The molecule has 1 heterocycles. The first kappa shape index (κ1) is 20.8. The first-order valence-corrected chi connectivity index (χ1v) is 10.6. The van der Waals surface area contributed by atoms with E-state index in [9.17, 15) is 4.79 Å². The summed E-state index contributed by atoms with van der Waals surface area (Å²) in [4.78, 5) is 19.1. The SMILES string of the molecule is C[C@H](OCc1ccccc1)[C@H](CCc1cccc2ccccc12)c1ncc(C(N)=O)[nH]1. The zero-order chi connectivity index (χ0) is 21.6. The fourth-order valence-corrected chi connectivity index (χ4v) is 3.98. The normalized spacial score (nSPS) is 13.2. The van der Waals surface area contributed by atoms with Crippen LogP contribution in [-0.2, 0) is 17.8 Å². The Labute approximate surface area is 182 Å². The monoisotopic (exact) mass is 413 g/mol. The van der Waals surface area contributed by atoms with E-state index in [0.717, 1.165) is 24.2 Å². The molecule has 3 aromatic carbocycles. The van der Waals surface area contributed by atoms with Gasteiger partial charge in [-0.1, -0.05) is 72.8 Å². The number of hydrogen-bond acceptors (Lipinski definition) is 3. The smallest absolute Gasteiger partial charge is 0.266 e. The number of ether oxygens (including phenoxy) is 1. The van der Waals surface area contributed by atoms with Gasteiger partial charge < -0.3 is 15.5 Å². The van der Waals surface area contributed by atoms with Gasteiger partial charge in [0.1, 0.15) is 11.5 Å². The average molecular weight is 414 g/mol. The molecular formula is C26H27N3O2. The molecule has 0 radical (unpaired) electrons. The summed E-state index contributed by atoms with van der Waals surface area (Å²) in [6.07, 6.45) is 3.11. The van der Waals surface area contributed by atoms with E-state index in [4.69, 9.17) is 10.5 Å². The minimum absolute atomic E-state index is 0.00391. The van der Waals surface area contributed by atoms with Crippen LogP contribution in [0.1, 0.15) is 46.7 Å². The maximum absolute atomic E-state index is 11.6. The van der Waals surface area contributed by atoms with Crippen LogP contribution in [0.15, 0.2) is 79.0 Å². The fraction of sp³-hybridized carbons (Fsp3) is 0.231. The average Bonchev–Trinajstić information content (AvgIpc) is 3.29. The number of primary amides is 1. The summed E-state index contributed by atoms with van der Waals surface area (Å²) in [6, 6.07) is 24.9. The van der Waals surface area contributed by atoms with Gasteiger partial charge in [0.25, 0.3) is 5.91 Å². The van der Waals surface area contributed by atoms with E-state index in [2.05, 4.69) is 71.5 Å². The summed E-state index contributed by atoms with van der Waals surface area (Å²) in [6.45, 7) is 2.58. The number of rotatable bonds is 9. The zero-order valence-electron chi connectivity index (χ0n) is 17.6. The molecule has 31 heavy (non-hydrogen) atoms. The van der Waals surface area contributed by atoms with Gasteiger partial charge in [0, 0.05) is 5.92 Å². The standard InChI is InChI=1S/C26H27N3O2/c1-18(31-17-19-8-3-2-4-9-19)22(26-28-16-24(29-26)25(27)30)15-14-21-12-7-11-20-10-5-6-13-23(20)21/h2-13,16,18,22H,14-15,17H2,1H3,(H2,27,30)(H,28,29)/t18-,22-/m0/s1. The number of imidazole rings is 1. The lowest BCUT2D eigenvalue weighted by Gasteiger charge is -2.23. The van der Waals surface area contributed by atoms with Gasteiger partial charge in [0.2, 0.25) is 0 Å². The number of benzene rings is 3. The summed E-state index contributed by atoms with van der Waals surface area (Å²) in [7, 11) is 0. The molecule has 0 unspecified atom stereocenters. The van der Waals surface area contributed by atoms with Crippen molar-refractivity contribution in [1.82, 2.24) is 9.97 Å². The van der Waals surface area contributed by atoms with E-state index in [-0.39, 0.29) is 12.0 Å². The molecule has 1 aromatic heterocycles. The van der Waals surface area contributed by atoms with Crippen molar-refractivity contribution < 1.29 is 9.53 Å². The van der Waals surface area contributed by atoms with E-state index in [1.807, 2.05) is 18.2 Å². The molecular weight excluding hydrogens is 386 g/mol. The van der Waals surface area contributed by atoms with Gasteiger partial charge in [-0.25, -0.2) is 4.98 Å². The lowest BCUT2D eigenvalue weighted by molar-refractivity contribution is 0.0308. The Morgan fingerprint density at radius 3 is 2.55 bits per heavy atom. The molecule has 0 aliphatic heterocycles. The van der Waals surface area contributed by atoms with Crippen molar-refractivity contribution in [1.29, 1.82) is 0 Å². The van der Waals surface area contributed by atoms with E-state index < -0.39 is 5.91 Å². The highest BCUT2D eigenvalue weighted by molar-refractivity contribution is 5.90. The van der Waals surface area contributed by atoms with Crippen molar-refractivity contribution in [2.45, 2.75) is 38.4 Å². The molecule has 0 spiro atoms. The van der Waals surface area contributed by atoms with Gasteiger partial charge in [0.05, 0.1) is 18.9 Å². The van der Waals surface area contributed by atoms with Crippen molar-refractivity contribution in [2.75, 3.05) is 0 Å². The Balaban J connectivity index is 1.54. The van der Waals surface area contributed by atoms with Crippen molar-refractivity contribution in [3.05, 3.63) is 102 Å². The third-order valence-corrected chi connectivity index (χ3v) is 5.74. The predicted molar refractivity (Wildman–Crippen MR) is 123 cm³/mol. The van der Waals surface area contributed by atoms with Gasteiger partial charge in [0.15, 0.2) is 0 Å². The van der Waals surface area contributed by atoms with Crippen molar-refractivity contribution in [2.24, 2.45) is 5.73 Å². The quantitative estimate of drug-likeness (QED) is 0.406. The number of nitrogens with zero attached hydrogens (tertiary/aromatic N) is 1. The highest BCUT2D eigenvalue weighted by Crippen LogP contribution is 2.28. The molecule has 0 bridgehead atoms. The second kappa shape index (κ2) is 9.58. The highest BCUT2D eigenvalue weighted by atomic mass is 16.5. The van der Waals surface area contributed by atoms with Crippen LogP contribution < -0.4 is 5.73 Å². The molecule has 0 aliphatic rings. The van der Waals surface area contributed by atoms with Gasteiger partial charge in [-0.05, 0) is 41.7 Å². The molecule has 1 amide bonds. The molecule has 0 saturated heterocycles. The number of hydrogen-bond donors (Lipinski definition) is 2. The fourth-order valence-electron chi connectivity index (χ4n) is 3.98.